The van der Waals surface area contributed by atoms with Gasteiger partial charge in [-0.1, -0.05) is 188 Å². The van der Waals surface area contributed by atoms with Crippen LogP contribution in [-0.4, -0.2) is 0 Å². The molecular formula is C62H39NO2. The Hall–Kier alpha value is -8.40. The molecule has 10 aromatic carbocycles. The topological polar surface area (TPSA) is 21.7 Å². The van der Waals surface area contributed by atoms with Crippen molar-refractivity contribution in [1.82, 2.24) is 0 Å². The predicted molar refractivity (Wildman–Crippen MR) is 261 cm³/mol. The van der Waals surface area contributed by atoms with Gasteiger partial charge in [0.25, 0.3) is 0 Å². The molecule has 0 unspecified atom stereocenters. The summed E-state index contributed by atoms with van der Waals surface area (Å²) in [7, 11) is 0. The van der Waals surface area contributed by atoms with Gasteiger partial charge in [0.15, 0.2) is 5.75 Å². The number of fused-ring (bicyclic) bond motifs is 18. The summed E-state index contributed by atoms with van der Waals surface area (Å²) in [6, 6.07) is 86.0. The van der Waals surface area contributed by atoms with Crippen LogP contribution in [0.2, 0.25) is 0 Å². The average Bonchev–Trinajstić information content (AvgIpc) is 3.83. The minimum Gasteiger partial charge on any atom is -0.457 e. The lowest BCUT2D eigenvalue weighted by Gasteiger charge is -2.41. The SMILES string of the molecule is c1ccc(-c2ccc(N(c3ccc4c(c3)C3(c5ccccc5Oc5ccccc53)c3ccccc3-4)c3cccc4c3Oc3ccccc3C43c4ccccc4-c4ccccc43)cc2)cc1. The first-order valence-electron chi connectivity index (χ1n) is 22.4. The summed E-state index contributed by atoms with van der Waals surface area (Å²) in [5.74, 6) is 3.45. The van der Waals surface area contributed by atoms with Gasteiger partial charge in [0.2, 0.25) is 0 Å². The Labute approximate surface area is 378 Å². The van der Waals surface area contributed by atoms with Crippen LogP contribution < -0.4 is 14.4 Å². The molecule has 3 nitrogen and oxygen atoms in total. The van der Waals surface area contributed by atoms with Crippen LogP contribution in [0.25, 0.3) is 33.4 Å². The molecule has 0 saturated carbocycles. The molecule has 0 saturated heterocycles. The number of para-hydroxylation sites is 4. The van der Waals surface area contributed by atoms with Gasteiger partial charge in [-0.2, -0.15) is 0 Å². The van der Waals surface area contributed by atoms with E-state index in [1.165, 1.54) is 50.1 Å². The Kier molecular flexibility index (Phi) is 7.53. The standard InChI is InChI=1S/C62H39NO2/c1-2-17-40(18-3-1)41-33-35-42(36-34-41)63(43-37-38-47-46-21-6-9-24-50(46)62(55(47)39-43)51-25-10-13-30-57(51)64-58-31-14-11-26-52(58)62)56-29-16-28-54-60(56)65-59-32-15-12-27-53(59)61(54)48-22-7-4-19-44(48)45-20-5-8-23-49(45)61/h1-39H. The first kappa shape index (κ1) is 36.1. The van der Waals surface area contributed by atoms with Gasteiger partial charge in [-0.3, -0.25) is 0 Å². The van der Waals surface area contributed by atoms with Gasteiger partial charge >= 0.3 is 0 Å². The fourth-order valence-corrected chi connectivity index (χ4v) is 11.9. The van der Waals surface area contributed by atoms with Crippen molar-refractivity contribution in [2.45, 2.75) is 10.8 Å². The zero-order chi connectivity index (χ0) is 42.7. The van der Waals surface area contributed by atoms with E-state index in [-0.39, 0.29) is 0 Å². The van der Waals surface area contributed by atoms with Crippen LogP contribution in [0.5, 0.6) is 23.0 Å². The quantitative estimate of drug-likeness (QED) is 0.176. The molecule has 14 rings (SSSR count). The summed E-state index contributed by atoms with van der Waals surface area (Å²) in [5.41, 5.74) is 18.6. The molecule has 0 radical (unpaired) electrons. The van der Waals surface area contributed by atoms with Gasteiger partial charge in [0, 0.05) is 33.6 Å². The van der Waals surface area contributed by atoms with Crippen molar-refractivity contribution in [3.05, 3.63) is 281 Å². The summed E-state index contributed by atoms with van der Waals surface area (Å²) in [6.07, 6.45) is 0. The van der Waals surface area contributed by atoms with E-state index in [0.29, 0.717) is 0 Å². The van der Waals surface area contributed by atoms with Gasteiger partial charge in [-0.25, -0.2) is 0 Å². The molecule has 0 fully saturated rings. The largest absolute Gasteiger partial charge is 0.457 e. The molecular weight excluding hydrogens is 791 g/mol. The van der Waals surface area contributed by atoms with Gasteiger partial charge < -0.3 is 14.4 Å². The van der Waals surface area contributed by atoms with E-state index in [1.807, 2.05) is 0 Å². The third-order valence-corrected chi connectivity index (χ3v) is 14.4. The minimum absolute atomic E-state index is 0.602. The Balaban J connectivity index is 1.05. The van der Waals surface area contributed by atoms with E-state index >= 15 is 0 Å². The van der Waals surface area contributed by atoms with E-state index < -0.39 is 10.8 Å². The van der Waals surface area contributed by atoms with Crippen molar-refractivity contribution in [1.29, 1.82) is 0 Å². The second kappa shape index (κ2) is 13.6. The number of ether oxygens (including phenoxy) is 2. The lowest BCUT2D eigenvalue weighted by atomic mass is 9.66. The third kappa shape index (κ3) is 4.79. The summed E-state index contributed by atoms with van der Waals surface area (Å²) < 4.78 is 14.0. The first-order chi connectivity index (χ1) is 32.2. The second-order valence-corrected chi connectivity index (χ2v) is 17.5. The van der Waals surface area contributed by atoms with Crippen LogP contribution in [-0.2, 0) is 10.8 Å². The van der Waals surface area contributed by atoms with E-state index in [2.05, 4.69) is 241 Å². The molecule has 3 heteroatoms. The molecule has 2 spiro atoms. The molecule has 2 heterocycles. The number of benzene rings is 10. The van der Waals surface area contributed by atoms with Gasteiger partial charge in [-0.05, 0) is 104 Å². The number of nitrogens with zero attached hydrogens (tertiary/aromatic N) is 1. The summed E-state index contributed by atoms with van der Waals surface area (Å²) in [4.78, 5) is 2.41. The zero-order valence-electron chi connectivity index (χ0n) is 35.3. The van der Waals surface area contributed by atoms with Crippen LogP contribution in [0.4, 0.5) is 17.1 Å². The number of rotatable bonds is 4. The Morgan fingerprint density at radius 1 is 0.277 bits per heavy atom. The highest BCUT2D eigenvalue weighted by molar-refractivity contribution is 5.94. The smallest absolute Gasteiger partial charge is 0.156 e. The van der Waals surface area contributed by atoms with E-state index in [0.717, 1.165) is 67.9 Å². The van der Waals surface area contributed by atoms with Crippen molar-refractivity contribution >= 4 is 17.1 Å². The van der Waals surface area contributed by atoms with Crippen molar-refractivity contribution in [2.75, 3.05) is 4.90 Å². The second-order valence-electron chi connectivity index (χ2n) is 17.5. The van der Waals surface area contributed by atoms with E-state index in [9.17, 15) is 0 Å². The molecule has 0 atom stereocenters. The van der Waals surface area contributed by atoms with E-state index in [1.54, 1.807) is 0 Å². The first-order valence-corrected chi connectivity index (χ1v) is 22.4. The number of anilines is 3. The molecule has 2 aliphatic heterocycles. The third-order valence-electron chi connectivity index (χ3n) is 14.4. The Bertz CT molecular complexity index is 3480. The predicted octanol–water partition coefficient (Wildman–Crippen LogP) is 15.8. The van der Waals surface area contributed by atoms with Crippen LogP contribution >= 0.6 is 0 Å². The molecule has 0 bridgehead atoms. The van der Waals surface area contributed by atoms with Crippen molar-refractivity contribution in [3.63, 3.8) is 0 Å². The molecule has 0 N–H and O–H groups in total. The maximum atomic E-state index is 7.33. The normalized spacial score (nSPS) is 14.3. The van der Waals surface area contributed by atoms with Crippen LogP contribution in [0, 0.1) is 0 Å². The van der Waals surface area contributed by atoms with Gasteiger partial charge in [-0.15, -0.1) is 0 Å². The summed E-state index contributed by atoms with van der Waals surface area (Å²) >= 11 is 0. The fraction of sp³-hybridized carbons (Fsp3) is 0.0323. The summed E-state index contributed by atoms with van der Waals surface area (Å²) in [6.45, 7) is 0. The lowest BCUT2D eigenvalue weighted by molar-refractivity contribution is 0.436. The maximum absolute atomic E-state index is 7.33. The summed E-state index contributed by atoms with van der Waals surface area (Å²) in [5, 5.41) is 0. The minimum atomic E-state index is -0.622. The van der Waals surface area contributed by atoms with Gasteiger partial charge in [0.05, 0.1) is 16.5 Å². The molecule has 4 aliphatic rings. The Morgan fingerprint density at radius 2 is 0.692 bits per heavy atom. The Morgan fingerprint density at radius 3 is 1.26 bits per heavy atom. The fourth-order valence-electron chi connectivity index (χ4n) is 11.9. The van der Waals surface area contributed by atoms with Crippen molar-refractivity contribution < 1.29 is 9.47 Å². The average molecular weight is 830 g/mol. The highest BCUT2D eigenvalue weighted by Gasteiger charge is 2.53. The maximum Gasteiger partial charge on any atom is 0.156 e. The highest BCUT2D eigenvalue weighted by atomic mass is 16.5. The number of hydrogen-bond donors (Lipinski definition) is 0. The molecule has 0 aromatic heterocycles. The van der Waals surface area contributed by atoms with Crippen LogP contribution in [0.15, 0.2) is 237 Å². The lowest BCUT2D eigenvalue weighted by Crippen LogP contribution is -2.33. The van der Waals surface area contributed by atoms with Crippen LogP contribution in [0.3, 0.4) is 0 Å². The molecule has 65 heavy (non-hydrogen) atoms. The monoisotopic (exact) mass is 829 g/mol. The highest BCUT2D eigenvalue weighted by Crippen LogP contribution is 2.65. The van der Waals surface area contributed by atoms with Gasteiger partial charge in [0.1, 0.15) is 17.2 Å². The van der Waals surface area contributed by atoms with Crippen LogP contribution in [0.1, 0.15) is 44.5 Å². The molecule has 304 valence electrons. The molecule has 2 aliphatic carbocycles. The van der Waals surface area contributed by atoms with E-state index in [4.69, 9.17) is 9.47 Å². The molecule has 0 amide bonds. The van der Waals surface area contributed by atoms with Crippen molar-refractivity contribution in [3.8, 4) is 56.4 Å². The zero-order valence-corrected chi connectivity index (χ0v) is 35.3. The number of hydrogen-bond acceptors (Lipinski definition) is 3. The molecule has 10 aromatic rings. The van der Waals surface area contributed by atoms with Crippen molar-refractivity contribution in [2.24, 2.45) is 0 Å².